The van der Waals surface area contributed by atoms with Crippen LogP contribution in [0.25, 0.3) is 0 Å². The van der Waals surface area contributed by atoms with E-state index in [9.17, 15) is 9.18 Å². The molecule has 0 saturated carbocycles. The molecule has 2 aliphatic heterocycles. The number of piperazine rings is 2. The Labute approximate surface area is 173 Å². The summed E-state index contributed by atoms with van der Waals surface area (Å²) in [6, 6.07) is 4.64. The lowest BCUT2D eigenvalue weighted by atomic mass is 10.0. The van der Waals surface area contributed by atoms with Crippen molar-refractivity contribution in [2.45, 2.75) is 46.2 Å². The smallest absolute Gasteiger partial charge is 0.241 e. The van der Waals surface area contributed by atoms with Crippen LogP contribution in [0.15, 0.2) is 18.2 Å². The van der Waals surface area contributed by atoms with Crippen molar-refractivity contribution in [1.29, 1.82) is 0 Å². The minimum atomic E-state index is -0.406. The van der Waals surface area contributed by atoms with E-state index >= 15 is 0 Å². The molecule has 1 aromatic rings. The van der Waals surface area contributed by atoms with Crippen LogP contribution in [0.4, 0.5) is 10.1 Å². The summed E-state index contributed by atoms with van der Waals surface area (Å²) >= 11 is 5.89. The average molecular weight is 413 g/mol. The van der Waals surface area contributed by atoms with E-state index in [1.165, 1.54) is 6.07 Å². The number of hydrogen-bond acceptors (Lipinski definition) is 4. The maximum atomic E-state index is 13.3. The zero-order chi connectivity index (χ0) is 20.9. The second-order valence-electron chi connectivity index (χ2n) is 8.03. The van der Waals surface area contributed by atoms with Crippen LogP contribution in [0, 0.1) is 5.82 Å². The lowest BCUT2D eigenvalue weighted by Gasteiger charge is -2.43. The second-order valence-corrected chi connectivity index (χ2v) is 8.44. The molecule has 158 valence electrons. The predicted molar refractivity (Wildman–Crippen MR) is 115 cm³/mol. The van der Waals surface area contributed by atoms with E-state index in [1.54, 1.807) is 12.1 Å². The summed E-state index contributed by atoms with van der Waals surface area (Å²) in [6.45, 7) is 15.9. The molecule has 5 nitrogen and oxygen atoms in total. The first-order chi connectivity index (χ1) is 13.3. The van der Waals surface area contributed by atoms with Gasteiger partial charge >= 0.3 is 0 Å². The highest BCUT2D eigenvalue weighted by Gasteiger charge is 2.34. The molecule has 2 saturated heterocycles. The number of hydrogen-bond donors (Lipinski definition) is 1. The van der Waals surface area contributed by atoms with Gasteiger partial charge in [-0.05, 0) is 39.0 Å². The van der Waals surface area contributed by atoms with Crippen molar-refractivity contribution in [2.75, 3.05) is 50.7 Å². The van der Waals surface area contributed by atoms with E-state index in [0.29, 0.717) is 13.1 Å². The molecule has 3 rings (SSSR count). The van der Waals surface area contributed by atoms with Gasteiger partial charge in [-0.15, -0.1) is 0 Å². The van der Waals surface area contributed by atoms with Crippen molar-refractivity contribution in [2.24, 2.45) is 0 Å². The van der Waals surface area contributed by atoms with Gasteiger partial charge in [0.25, 0.3) is 0 Å². The molecule has 2 aliphatic rings. The molecular formula is C21H34ClFN4O. The lowest BCUT2D eigenvalue weighted by molar-refractivity contribution is -0.135. The summed E-state index contributed by atoms with van der Waals surface area (Å²) in [5.74, 6) is -0.230. The molecule has 1 N–H and O–H groups in total. The van der Waals surface area contributed by atoms with Crippen LogP contribution in [-0.2, 0) is 4.79 Å². The largest absolute Gasteiger partial charge is 0.368 e. The van der Waals surface area contributed by atoms with Gasteiger partial charge in [-0.2, -0.15) is 0 Å². The Hall–Kier alpha value is -1.37. The van der Waals surface area contributed by atoms with E-state index in [1.807, 2.05) is 18.7 Å². The van der Waals surface area contributed by atoms with Gasteiger partial charge in [-0.1, -0.05) is 25.4 Å². The fourth-order valence-electron chi connectivity index (χ4n) is 3.61. The highest BCUT2D eigenvalue weighted by Crippen LogP contribution is 2.24. The number of carbonyl (C=O) groups is 1. The number of amides is 1. The van der Waals surface area contributed by atoms with Crippen LogP contribution in [0.3, 0.4) is 0 Å². The Kier molecular flexibility index (Phi) is 8.10. The Morgan fingerprint density at radius 1 is 1.14 bits per heavy atom. The van der Waals surface area contributed by atoms with Gasteiger partial charge in [0.05, 0.1) is 11.1 Å². The van der Waals surface area contributed by atoms with E-state index in [4.69, 9.17) is 11.6 Å². The first-order valence-corrected chi connectivity index (χ1v) is 10.6. The number of benzene rings is 1. The Bertz CT molecular complexity index is 656. The topological polar surface area (TPSA) is 38.8 Å². The average Bonchev–Trinajstić information content (AvgIpc) is 2.70. The molecule has 1 aromatic carbocycles. The predicted octanol–water partition coefficient (Wildman–Crippen LogP) is 3.23. The molecule has 1 amide bonds. The van der Waals surface area contributed by atoms with Crippen LogP contribution >= 0.6 is 11.6 Å². The lowest BCUT2D eigenvalue weighted by Crippen LogP contribution is -2.63. The van der Waals surface area contributed by atoms with Gasteiger partial charge < -0.3 is 15.1 Å². The number of halogens is 2. The van der Waals surface area contributed by atoms with Crippen molar-refractivity contribution in [3.05, 3.63) is 29.0 Å². The van der Waals surface area contributed by atoms with Crippen molar-refractivity contribution >= 4 is 23.2 Å². The Balaban J connectivity index is 0.00000136. The second kappa shape index (κ2) is 9.90. The minimum Gasteiger partial charge on any atom is -0.368 e. The van der Waals surface area contributed by atoms with Gasteiger partial charge in [-0.25, -0.2) is 4.39 Å². The van der Waals surface area contributed by atoms with Crippen LogP contribution in [0.5, 0.6) is 0 Å². The molecule has 0 spiro atoms. The van der Waals surface area contributed by atoms with Crippen molar-refractivity contribution in [1.82, 2.24) is 15.1 Å². The summed E-state index contributed by atoms with van der Waals surface area (Å²) in [7, 11) is 0. The van der Waals surface area contributed by atoms with Crippen molar-refractivity contribution < 1.29 is 9.18 Å². The maximum absolute atomic E-state index is 13.3. The molecule has 0 radical (unpaired) electrons. The van der Waals surface area contributed by atoms with E-state index in [0.717, 1.165) is 38.4 Å². The highest BCUT2D eigenvalue weighted by molar-refractivity contribution is 6.31. The third-order valence-corrected chi connectivity index (χ3v) is 5.57. The first-order valence-electron chi connectivity index (χ1n) is 10.2. The standard InChI is InChI=1S/C19H28ClFN4O.C2H6/c1-19(2,3)25-7-6-22-17(13-25)18(26)24-10-8-23(9-11-24)14-4-5-16(21)15(20)12-14;1-2/h4-5,12,17,22H,6-11,13H2,1-3H3;1-2H3. The summed E-state index contributed by atoms with van der Waals surface area (Å²) in [6.07, 6.45) is 0. The fourth-order valence-corrected chi connectivity index (χ4v) is 3.79. The Morgan fingerprint density at radius 2 is 1.79 bits per heavy atom. The highest BCUT2D eigenvalue weighted by atomic mass is 35.5. The zero-order valence-electron chi connectivity index (χ0n) is 17.8. The molecule has 0 bridgehead atoms. The van der Waals surface area contributed by atoms with Gasteiger partial charge in [0.1, 0.15) is 5.82 Å². The molecule has 7 heteroatoms. The van der Waals surface area contributed by atoms with Crippen molar-refractivity contribution in [3.63, 3.8) is 0 Å². The van der Waals surface area contributed by atoms with Crippen LogP contribution in [0.1, 0.15) is 34.6 Å². The summed E-state index contributed by atoms with van der Waals surface area (Å²) in [5, 5.41) is 3.50. The zero-order valence-corrected chi connectivity index (χ0v) is 18.5. The van der Waals surface area contributed by atoms with Crippen molar-refractivity contribution in [3.8, 4) is 0 Å². The summed E-state index contributed by atoms with van der Waals surface area (Å²) < 4.78 is 13.3. The number of rotatable bonds is 2. The quantitative estimate of drug-likeness (QED) is 0.809. The molecule has 0 aliphatic carbocycles. The molecule has 1 unspecified atom stereocenters. The molecule has 2 fully saturated rings. The van der Waals surface area contributed by atoms with Crippen LogP contribution in [0.2, 0.25) is 5.02 Å². The SMILES string of the molecule is CC.CC(C)(C)N1CCNC(C(=O)N2CCN(c3ccc(F)c(Cl)c3)CC2)C1. The summed E-state index contributed by atoms with van der Waals surface area (Å²) in [5.41, 5.74) is 0.972. The van der Waals surface area contributed by atoms with Gasteiger partial charge in [0.15, 0.2) is 0 Å². The maximum Gasteiger partial charge on any atom is 0.241 e. The molecule has 2 heterocycles. The Morgan fingerprint density at radius 3 is 2.36 bits per heavy atom. The molecular weight excluding hydrogens is 379 g/mol. The molecule has 0 aromatic heterocycles. The van der Waals surface area contributed by atoms with Crippen LogP contribution < -0.4 is 10.2 Å². The number of anilines is 1. The fraction of sp³-hybridized carbons (Fsp3) is 0.667. The number of nitrogens with zero attached hydrogens (tertiary/aromatic N) is 3. The van der Waals surface area contributed by atoms with Gasteiger partial charge in [0, 0.05) is 57.0 Å². The molecule has 28 heavy (non-hydrogen) atoms. The van der Waals surface area contributed by atoms with Crippen LogP contribution in [-0.4, -0.2) is 73.1 Å². The first kappa shape index (κ1) is 22.9. The van der Waals surface area contributed by atoms with E-state index < -0.39 is 5.82 Å². The third-order valence-electron chi connectivity index (χ3n) is 5.28. The van der Waals surface area contributed by atoms with E-state index in [-0.39, 0.29) is 22.5 Å². The van der Waals surface area contributed by atoms with Gasteiger partial charge in [-0.3, -0.25) is 9.69 Å². The van der Waals surface area contributed by atoms with Gasteiger partial charge in [0.2, 0.25) is 5.91 Å². The van der Waals surface area contributed by atoms with E-state index in [2.05, 4.69) is 35.9 Å². The monoisotopic (exact) mass is 412 g/mol. The third kappa shape index (κ3) is 5.58. The number of nitrogens with one attached hydrogen (secondary N) is 1. The summed E-state index contributed by atoms with van der Waals surface area (Å²) in [4.78, 5) is 19.4. The minimum absolute atomic E-state index is 0.0706. The number of carbonyl (C=O) groups excluding carboxylic acids is 1. The normalized spacial score (nSPS) is 21.2. The molecule has 1 atom stereocenters.